The number of ketones is 1. The van der Waals surface area contributed by atoms with E-state index in [1.807, 2.05) is 0 Å². The molecule has 10 nitrogen and oxygen atoms in total. The van der Waals surface area contributed by atoms with Crippen LogP contribution in [0.15, 0.2) is 30.3 Å². The van der Waals surface area contributed by atoms with Crippen LogP contribution in [-0.4, -0.2) is 74.9 Å². The molecule has 0 radical (unpaired) electrons. The molecule has 1 heterocycles. The highest BCUT2D eigenvalue weighted by Gasteiger charge is 2.56. The monoisotopic (exact) mass is 528 g/mol. The van der Waals surface area contributed by atoms with E-state index in [0.29, 0.717) is 23.4 Å². The summed E-state index contributed by atoms with van der Waals surface area (Å²) in [7, 11) is 0. The number of carboxylic acid groups (broad SMARTS) is 1. The number of carbonyl (C=O) groups excluding carboxylic acids is 4. The number of β-lactam (4-membered cyclic amide) rings is 1. The zero-order chi connectivity index (χ0) is 23.3. The van der Waals surface area contributed by atoms with Gasteiger partial charge in [0.1, 0.15) is 17.2 Å². The minimum Gasteiger partial charge on any atom is -0.484 e. The van der Waals surface area contributed by atoms with Gasteiger partial charge >= 0.3 is 11.3 Å². The van der Waals surface area contributed by atoms with Gasteiger partial charge in [0, 0.05) is 0 Å². The van der Waals surface area contributed by atoms with E-state index >= 15 is 0 Å². The van der Waals surface area contributed by atoms with Gasteiger partial charge in [-0.3, -0.25) is 14.4 Å². The van der Waals surface area contributed by atoms with E-state index in [4.69, 9.17) is 9.47 Å². The second-order valence-corrected chi connectivity index (χ2v) is 8.86. The van der Waals surface area contributed by atoms with Crippen molar-refractivity contribution in [1.29, 1.82) is 0 Å². The lowest BCUT2D eigenvalue weighted by Gasteiger charge is -2.47. The smallest absolute Gasteiger partial charge is 0.369 e. The maximum atomic E-state index is 12.7. The van der Waals surface area contributed by atoms with E-state index in [9.17, 15) is 29.1 Å². The maximum absolute atomic E-state index is 12.7. The average molecular weight is 529 g/mol. The third-order valence-electron chi connectivity index (χ3n) is 4.81. The van der Waals surface area contributed by atoms with Crippen LogP contribution in [0.4, 0.5) is 4.79 Å². The van der Waals surface area contributed by atoms with Crippen LogP contribution < -0.4 is 10.1 Å². The van der Waals surface area contributed by atoms with Crippen LogP contribution >= 0.6 is 27.7 Å². The lowest BCUT2D eigenvalue weighted by molar-refractivity contribution is -0.164. The van der Waals surface area contributed by atoms with Crippen molar-refractivity contribution >= 4 is 56.6 Å². The van der Waals surface area contributed by atoms with E-state index in [2.05, 4.69) is 21.2 Å². The number of carbonyl (C=O) groups is 5. The molecule has 1 saturated carbocycles. The van der Waals surface area contributed by atoms with E-state index in [0.717, 1.165) is 17.7 Å². The standard InChI is InChI=1S/C20H21BrN2O8S/c21-8-13(24)16(19(27)28)23-17(26)15(18(23)32-20(29)31-9-11-6-7-11)22-14(25)10-30-12-4-2-1-3-5-12/h1-5,11,15-16,18H,6-10H2,(H,22,25)(H,27,28). The Morgan fingerprint density at radius 3 is 2.50 bits per heavy atom. The van der Waals surface area contributed by atoms with Crippen LogP contribution in [-0.2, 0) is 23.9 Å². The quantitative estimate of drug-likeness (QED) is 0.189. The Morgan fingerprint density at radius 1 is 1.22 bits per heavy atom. The highest BCUT2D eigenvalue weighted by atomic mass is 79.9. The van der Waals surface area contributed by atoms with E-state index in [-0.39, 0.29) is 18.5 Å². The molecular weight excluding hydrogens is 508 g/mol. The van der Waals surface area contributed by atoms with Crippen LogP contribution in [0.25, 0.3) is 0 Å². The number of halogens is 1. The van der Waals surface area contributed by atoms with Gasteiger partial charge in [-0.2, -0.15) is 0 Å². The first-order valence-corrected chi connectivity index (χ1v) is 11.8. The highest BCUT2D eigenvalue weighted by molar-refractivity contribution is 9.09. The van der Waals surface area contributed by atoms with Crippen molar-refractivity contribution in [3.63, 3.8) is 0 Å². The topological polar surface area (TPSA) is 139 Å². The number of amides is 2. The maximum Gasteiger partial charge on any atom is 0.369 e. The molecule has 3 rings (SSSR count). The molecule has 3 unspecified atom stereocenters. The number of hydrogen-bond donors (Lipinski definition) is 2. The van der Waals surface area contributed by atoms with Gasteiger partial charge < -0.3 is 24.8 Å². The molecule has 1 aromatic carbocycles. The Labute approximate surface area is 196 Å². The van der Waals surface area contributed by atoms with E-state index in [1.54, 1.807) is 30.3 Å². The summed E-state index contributed by atoms with van der Waals surface area (Å²) in [5.74, 6) is -2.95. The Bertz CT molecular complexity index is 895. The number of alkyl halides is 1. The minimum atomic E-state index is -1.79. The zero-order valence-electron chi connectivity index (χ0n) is 16.8. The third-order valence-corrected chi connectivity index (χ3v) is 6.41. The van der Waals surface area contributed by atoms with E-state index < -0.39 is 46.3 Å². The van der Waals surface area contributed by atoms with Crippen molar-refractivity contribution in [3.8, 4) is 5.75 Å². The molecule has 1 aromatic rings. The van der Waals surface area contributed by atoms with Gasteiger partial charge in [-0.15, -0.1) is 0 Å². The number of thioether (sulfide) groups is 1. The Kier molecular flexibility index (Phi) is 8.13. The summed E-state index contributed by atoms with van der Waals surface area (Å²) in [6.45, 7) is -0.156. The molecule has 1 aliphatic carbocycles. The number of benzene rings is 1. The van der Waals surface area contributed by atoms with Crippen LogP contribution in [0.5, 0.6) is 5.75 Å². The molecule has 32 heavy (non-hydrogen) atoms. The fourth-order valence-electron chi connectivity index (χ4n) is 2.99. The second kappa shape index (κ2) is 10.8. The molecule has 2 aliphatic rings. The molecule has 2 fully saturated rings. The SMILES string of the molecule is O=C(COc1ccccc1)NC1C(=O)N(C(C(=O)O)C(=O)CBr)C1SC(=O)OCC1CC1. The van der Waals surface area contributed by atoms with Crippen LogP contribution in [0, 0.1) is 5.92 Å². The van der Waals surface area contributed by atoms with Crippen LogP contribution in [0.2, 0.25) is 0 Å². The van der Waals surface area contributed by atoms with Crippen molar-refractivity contribution in [1.82, 2.24) is 10.2 Å². The number of aliphatic carboxylic acids is 1. The molecule has 1 saturated heterocycles. The first kappa shape index (κ1) is 24.1. The third kappa shape index (κ3) is 6.00. The van der Waals surface area contributed by atoms with Crippen molar-refractivity contribution in [2.45, 2.75) is 30.3 Å². The van der Waals surface area contributed by atoms with Gasteiger partial charge in [-0.05, 0) is 42.7 Å². The summed E-state index contributed by atoms with van der Waals surface area (Å²) in [4.78, 5) is 61.8. The van der Waals surface area contributed by atoms with Crippen LogP contribution in [0.1, 0.15) is 12.8 Å². The summed E-state index contributed by atoms with van der Waals surface area (Å²) in [6.07, 6.45) is 1.93. The largest absolute Gasteiger partial charge is 0.484 e. The molecule has 2 amide bonds. The number of likely N-dealkylation sites (tertiary alicyclic amines) is 1. The number of rotatable bonds is 11. The Morgan fingerprint density at radius 2 is 1.91 bits per heavy atom. The second-order valence-electron chi connectivity index (χ2n) is 7.25. The predicted molar refractivity (Wildman–Crippen MR) is 116 cm³/mol. The molecule has 2 N–H and O–H groups in total. The summed E-state index contributed by atoms with van der Waals surface area (Å²) in [5, 5.41) is 9.81. The van der Waals surface area contributed by atoms with Crippen molar-refractivity contribution in [3.05, 3.63) is 30.3 Å². The van der Waals surface area contributed by atoms with Gasteiger partial charge in [-0.25, -0.2) is 9.59 Å². The first-order valence-electron chi connectivity index (χ1n) is 9.76. The van der Waals surface area contributed by atoms with E-state index in [1.165, 1.54) is 0 Å². The lowest BCUT2D eigenvalue weighted by atomic mass is 10.0. The molecule has 12 heteroatoms. The molecule has 0 aromatic heterocycles. The summed E-state index contributed by atoms with van der Waals surface area (Å²) in [5.41, 5.74) is 0. The lowest BCUT2D eigenvalue weighted by Crippen LogP contribution is -2.74. The number of Topliss-reactive ketones (excluding diaryl/α,β-unsaturated/α-hetero) is 1. The number of para-hydroxylation sites is 1. The van der Waals surface area contributed by atoms with Gasteiger partial charge in [0.15, 0.2) is 18.4 Å². The first-order chi connectivity index (χ1) is 15.3. The summed E-state index contributed by atoms with van der Waals surface area (Å²) >= 11 is 3.47. The normalized spacial score (nSPS) is 20.7. The average Bonchev–Trinajstić information content (AvgIpc) is 3.62. The number of hydrogen-bond acceptors (Lipinski definition) is 8. The Hall–Kier alpha value is -2.60. The van der Waals surface area contributed by atoms with Crippen molar-refractivity contribution < 1.29 is 38.6 Å². The summed E-state index contributed by atoms with van der Waals surface area (Å²) < 4.78 is 10.5. The zero-order valence-corrected chi connectivity index (χ0v) is 19.2. The number of nitrogens with zero attached hydrogens (tertiary/aromatic N) is 1. The number of carboxylic acids is 1. The molecular formula is C20H21BrN2O8S. The van der Waals surface area contributed by atoms with Gasteiger partial charge in [-0.1, -0.05) is 34.1 Å². The number of nitrogens with one attached hydrogen (secondary N) is 1. The molecule has 1 aliphatic heterocycles. The minimum absolute atomic E-state index is 0.233. The van der Waals surface area contributed by atoms with Crippen molar-refractivity contribution in [2.75, 3.05) is 18.5 Å². The van der Waals surface area contributed by atoms with Gasteiger partial charge in [0.2, 0.25) is 5.91 Å². The molecule has 0 spiro atoms. The molecule has 3 atom stereocenters. The fourth-order valence-corrected chi connectivity index (χ4v) is 4.29. The highest BCUT2D eigenvalue weighted by Crippen LogP contribution is 2.35. The Balaban J connectivity index is 1.67. The van der Waals surface area contributed by atoms with Crippen LogP contribution in [0.3, 0.4) is 0 Å². The summed E-state index contributed by atoms with van der Waals surface area (Å²) in [6, 6.07) is 5.56. The van der Waals surface area contributed by atoms with Gasteiger partial charge in [0.05, 0.1) is 11.9 Å². The predicted octanol–water partition coefficient (Wildman–Crippen LogP) is 1.42. The van der Waals surface area contributed by atoms with Gasteiger partial charge in [0.25, 0.3) is 5.91 Å². The van der Waals surface area contributed by atoms with Crippen molar-refractivity contribution in [2.24, 2.45) is 5.92 Å². The number of ether oxygens (including phenoxy) is 2. The fraction of sp³-hybridized carbons (Fsp3) is 0.450. The molecule has 172 valence electrons. The molecule has 0 bridgehead atoms.